The number of ether oxygens (including phenoxy) is 1. The van der Waals surface area contributed by atoms with E-state index in [1.165, 1.54) is 7.11 Å². The third kappa shape index (κ3) is 4.67. The monoisotopic (exact) mass is 268 g/mol. The largest absolute Gasteiger partial charge is 0.468 e. The summed E-state index contributed by atoms with van der Waals surface area (Å²) in [5.41, 5.74) is 1.13. The molecule has 1 rings (SSSR count). The van der Waals surface area contributed by atoms with Crippen molar-refractivity contribution in [1.82, 2.24) is 9.80 Å². The maximum Gasteiger partial charge on any atom is 0.319 e. The molecule has 0 saturated heterocycles. The summed E-state index contributed by atoms with van der Waals surface area (Å²) >= 11 is 0. The topological polar surface area (TPSA) is 49.9 Å². The van der Waals surface area contributed by atoms with Crippen molar-refractivity contribution in [2.45, 2.75) is 33.1 Å². The number of carbonyl (C=O) groups excluding carboxylic acids is 2. The van der Waals surface area contributed by atoms with Gasteiger partial charge in [-0.1, -0.05) is 13.0 Å². The number of carbonyl (C=O) groups is 2. The summed E-state index contributed by atoms with van der Waals surface area (Å²) in [7, 11) is 1.36. The van der Waals surface area contributed by atoms with Crippen molar-refractivity contribution >= 4 is 11.9 Å². The summed E-state index contributed by atoms with van der Waals surface area (Å²) in [5.74, 6) is -0.251. The van der Waals surface area contributed by atoms with Crippen molar-refractivity contribution < 1.29 is 14.3 Å². The molecule has 1 aliphatic carbocycles. The molecule has 0 aliphatic heterocycles. The van der Waals surface area contributed by atoms with Crippen LogP contribution in [0.25, 0.3) is 0 Å². The van der Waals surface area contributed by atoms with Gasteiger partial charge >= 0.3 is 5.97 Å². The predicted molar refractivity (Wildman–Crippen MR) is 73.5 cm³/mol. The van der Waals surface area contributed by atoms with Crippen molar-refractivity contribution in [3.8, 4) is 0 Å². The minimum absolute atomic E-state index is 0.0569. The standard InChI is InChI=1S/C14H24N2O3/c1-4-15(11-14(18)19-3)10-13(17)16(5-2)12-8-6-7-9-12/h8H,4-7,9-11H2,1-3H3. The molecule has 0 bridgehead atoms. The van der Waals surface area contributed by atoms with Crippen LogP contribution in [0.4, 0.5) is 0 Å². The second-order valence-corrected chi connectivity index (χ2v) is 4.61. The quantitative estimate of drug-likeness (QED) is 0.655. The summed E-state index contributed by atoms with van der Waals surface area (Å²) < 4.78 is 4.63. The van der Waals surface area contributed by atoms with Crippen LogP contribution in [0.5, 0.6) is 0 Å². The number of hydrogen-bond donors (Lipinski definition) is 0. The zero-order chi connectivity index (χ0) is 14.3. The van der Waals surface area contributed by atoms with E-state index in [2.05, 4.69) is 10.8 Å². The summed E-state index contributed by atoms with van der Waals surface area (Å²) in [5, 5.41) is 0. The average Bonchev–Trinajstić information content (AvgIpc) is 2.92. The van der Waals surface area contributed by atoms with Gasteiger partial charge in [0.05, 0.1) is 20.2 Å². The van der Waals surface area contributed by atoms with Crippen molar-refractivity contribution in [2.75, 3.05) is 33.3 Å². The lowest BCUT2D eigenvalue weighted by Crippen LogP contribution is -2.41. The first-order valence-corrected chi connectivity index (χ1v) is 6.90. The van der Waals surface area contributed by atoms with Crippen molar-refractivity contribution in [2.24, 2.45) is 0 Å². The molecule has 0 atom stereocenters. The highest BCUT2D eigenvalue weighted by Gasteiger charge is 2.21. The number of esters is 1. The van der Waals surface area contributed by atoms with Crippen molar-refractivity contribution in [3.63, 3.8) is 0 Å². The fourth-order valence-electron chi connectivity index (χ4n) is 2.24. The van der Waals surface area contributed by atoms with Crippen LogP contribution < -0.4 is 0 Å². The molecule has 5 nitrogen and oxygen atoms in total. The fourth-order valence-corrected chi connectivity index (χ4v) is 2.24. The number of likely N-dealkylation sites (N-methyl/N-ethyl adjacent to an activating group) is 2. The van der Waals surface area contributed by atoms with Crippen LogP contribution in [0.2, 0.25) is 0 Å². The molecule has 0 heterocycles. The van der Waals surface area contributed by atoms with E-state index >= 15 is 0 Å². The molecule has 0 aromatic carbocycles. The van der Waals surface area contributed by atoms with E-state index in [0.29, 0.717) is 13.1 Å². The highest BCUT2D eigenvalue weighted by molar-refractivity contribution is 5.81. The Hall–Kier alpha value is -1.36. The highest BCUT2D eigenvalue weighted by Crippen LogP contribution is 2.21. The van der Waals surface area contributed by atoms with Gasteiger partial charge in [0.1, 0.15) is 0 Å². The van der Waals surface area contributed by atoms with Crippen LogP contribution in [0, 0.1) is 0 Å². The van der Waals surface area contributed by atoms with Gasteiger partial charge in [-0.25, -0.2) is 0 Å². The molecule has 0 unspecified atom stereocenters. The highest BCUT2D eigenvalue weighted by atomic mass is 16.5. The fraction of sp³-hybridized carbons (Fsp3) is 0.714. The van der Waals surface area contributed by atoms with E-state index in [9.17, 15) is 9.59 Å². The molecule has 108 valence electrons. The van der Waals surface area contributed by atoms with Gasteiger partial charge in [-0.05, 0) is 32.7 Å². The van der Waals surface area contributed by atoms with Crippen LogP contribution in [0.15, 0.2) is 11.8 Å². The van der Waals surface area contributed by atoms with E-state index in [1.807, 2.05) is 18.7 Å². The van der Waals surface area contributed by atoms with Gasteiger partial charge in [-0.15, -0.1) is 0 Å². The first-order valence-electron chi connectivity index (χ1n) is 6.90. The summed E-state index contributed by atoms with van der Waals surface area (Å²) in [6.07, 6.45) is 5.29. The Labute approximate surface area is 115 Å². The third-order valence-electron chi connectivity index (χ3n) is 3.37. The number of methoxy groups -OCH3 is 1. The minimum Gasteiger partial charge on any atom is -0.468 e. The van der Waals surface area contributed by atoms with Gasteiger partial charge in [0.15, 0.2) is 0 Å². The SMILES string of the molecule is CCN(CC(=O)OC)CC(=O)N(CC)C1=CCCC1. The van der Waals surface area contributed by atoms with Gasteiger partial charge in [0.25, 0.3) is 0 Å². The smallest absolute Gasteiger partial charge is 0.319 e. The molecule has 0 aromatic heterocycles. The molecule has 0 N–H and O–H groups in total. The van der Waals surface area contributed by atoms with Gasteiger partial charge in [0, 0.05) is 12.2 Å². The van der Waals surface area contributed by atoms with E-state index < -0.39 is 0 Å². The Kier molecular flexibility index (Phi) is 6.56. The molecule has 0 aromatic rings. The number of amides is 1. The van der Waals surface area contributed by atoms with Gasteiger partial charge in [-0.2, -0.15) is 0 Å². The molecule has 1 aliphatic rings. The van der Waals surface area contributed by atoms with E-state index in [0.717, 1.165) is 25.0 Å². The van der Waals surface area contributed by atoms with Crippen molar-refractivity contribution in [3.05, 3.63) is 11.8 Å². The molecular weight excluding hydrogens is 244 g/mol. The van der Waals surface area contributed by atoms with E-state index in [1.54, 1.807) is 4.90 Å². The Balaban J connectivity index is 2.57. The van der Waals surface area contributed by atoms with Crippen LogP contribution in [0.1, 0.15) is 33.1 Å². The third-order valence-corrected chi connectivity index (χ3v) is 3.37. The average molecular weight is 268 g/mol. The maximum atomic E-state index is 12.3. The molecule has 0 fully saturated rings. The Morgan fingerprint density at radius 2 is 2.00 bits per heavy atom. The Bertz CT molecular complexity index is 353. The number of hydrogen-bond acceptors (Lipinski definition) is 4. The van der Waals surface area contributed by atoms with Crippen LogP contribution >= 0.6 is 0 Å². The Morgan fingerprint density at radius 1 is 1.26 bits per heavy atom. The second kappa shape index (κ2) is 7.94. The zero-order valence-electron chi connectivity index (χ0n) is 12.1. The van der Waals surface area contributed by atoms with Crippen LogP contribution in [-0.4, -0.2) is 55.0 Å². The lowest BCUT2D eigenvalue weighted by molar-refractivity contribution is -0.142. The lowest BCUT2D eigenvalue weighted by atomic mass is 10.3. The van der Waals surface area contributed by atoms with Crippen LogP contribution in [0.3, 0.4) is 0 Å². The summed E-state index contributed by atoms with van der Waals surface area (Å²) in [6.45, 7) is 5.67. The van der Waals surface area contributed by atoms with Crippen molar-refractivity contribution in [1.29, 1.82) is 0 Å². The van der Waals surface area contributed by atoms with E-state index in [4.69, 9.17) is 0 Å². The number of rotatable bonds is 7. The molecule has 0 saturated carbocycles. The zero-order valence-corrected chi connectivity index (χ0v) is 12.1. The summed E-state index contributed by atoms with van der Waals surface area (Å²) in [4.78, 5) is 27.2. The predicted octanol–water partition coefficient (Wildman–Crippen LogP) is 1.40. The maximum absolute atomic E-state index is 12.3. The first kappa shape index (κ1) is 15.7. The number of nitrogens with zero attached hydrogens (tertiary/aromatic N) is 2. The Morgan fingerprint density at radius 3 is 2.47 bits per heavy atom. The molecule has 0 spiro atoms. The van der Waals surface area contributed by atoms with Gasteiger partial charge < -0.3 is 9.64 Å². The molecule has 0 radical (unpaired) electrons. The lowest BCUT2D eigenvalue weighted by Gasteiger charge is -2.26. The molecular formula is C14H24N2O3. The minimum atomic E-state index is -0.308. The molecule has 5 heteroatoms. The van der Waals surface area contributed by atoms with Gasteiger partial charge in [0.2, 0.25) is 5.91 Å². The summed E-state index contributed by atoms with van der Waals surface area (Å²) in [6, 6.07) is 0. The van der Waals surface area contributed by atoms with E-state index in [-0.39, 0.29) is 25.0 Å². The second-order valence-electron chi connectivity index (χ2n) is 4.61. The number of allylic oxidation sites excluding steroid dienone is 2. The molecule has 19 heavy (non-hydrogen) atoms. The normalized spacial score (nSPS) is 14.4. The van der Waals surface area contributed by atoms with Gasteiger partial charge in [-0.3, -0.25) is 14.5 Å². The first-order chi connectivity index (χ1) is 9.12. The van der Waals surface area contributed by atoms with Crippen LogP contribution in [-0.2, 0) is 14.3 Å². The molecule has 1 amide bonds.